The van der Waals surface area contributed by atoms with Gasteiger partial charge in [-0.2, -0.15) is 0 Å². The van der Waals surface area contributed by atoms with Gasteiger partial charge in [0, 0.05) is 63.9 Å². The molecule has 3 rings (SSSR count). The van der Waals surface area contributed by atoms with Crippen LogP contribution < -0.4 is 0 Å². The average Bonchev–Trinajstić information content (AvgIpc) is 3.10. The van der Waals surface area contributed by atoms with Crippen LogP contribution in [0.2, 0.25) is 0 Å². The molecule has 2 aliphatic rings. The topological polar surface area (TPSA) is 58.4 Å². The summed E-state index contributed by atoms with van der Waals surface area (Å²) in [5.41, 5.74) is 0. The van der Waals surface area contributed by atoms with E-state index in [1.165, 1.54) is 0 Å². The van der Waals surface area contributed by atoms with Crippen molar-refractivity contribution in [2.45, 2.75) is 58.9 Å². The number of hydrogen-bond acceptors (Lipinski definition) is 3. The lowest BCUT2D eigenvalue weighted by Gasteiger charge is -2.37. The molecule has 0 unspecified atom stereocenters. The summed E-state index contributed by atoms with van der Waals surface area (Å²) in [5, 5.41) is 0. The molecule has 0 N–H and O–H groups in total. The first-order valence-electron chi connectivity index (χ1n) is 10.0. The van der Waals surface area contributed by atoms with Crippen molar-refractivity contribution in [2.75, 3.05) is 26.2 Å². The van der Waals surface area contributed by atoms with E-state index in [2.05, 4.69) is 34.5 Å². The lowest BCUT2D eigenvalue weighted by atomic mass is 9.92. The van der Waals surface area contributed by atoms with E-state index in [0.29, 0.717) is 17.7 Å². The molecule has 26 heavy (non-hydrogen) atoms. The zero-order valence-corrected chi connectivity index (χ0v) is 16.4. The summed E-state index contributed by atoms with van der Waals surface area (Å²) in [7, 11) is 0. The second-order valence-corrected chi connectivity index (χ2v) is 8.14. The van der Waals surface area contributed by atoms with Crippen LogP contribution >= 0.6 is 0 Å². The van der Waals surface area contributed by atoms with E-state index < -0.39 is 0 Å². The molecule has 0 bridgehead atoms. The third-order valence-electron chi connectivity index (χ3n) is 5.93. The molecule has 0 radical (unpaired) electrons. The summed E-state index contributed by atoms with van der Waals surface area (Å²) in [6.07, 6.45) is 7.72. The summed E-state index contributed by atoms with van der Waals surface area (Å²) in [6, 6.07) is 0. The largest absolute Gasteiger partial charge is 0.343 e. The number of imidazole rings is 1. The Bertz CT molecular complexity index is 624. The maximum Gasteiger partial charge on any atom is 0.225 e. The molecule has 2 saturated heterocycles. The molecule has 0 saturated carbocycles. The van der Waals surface area contributed by atoms with Gasteiger partial charge in [0.25, 0.3) is 0 Å². The predicted molar refractivity (Wildman–Crippen MR) is 101 cm³/mol. The van der Waals surface area contributed by atoms with Gasteiger partial charge in [0.15, 0.2) is 0 Å². The smallest absolute Gasteiger partial charge is 0.225 e. The van der Waals surface area contributed by atoms with Crippen molar-refractivity contribution in [1.82, 2.24) is 19.4 Å². The Morgan fingerprint density at radius 2 is 1.69 bits per heavy atom. The maximum atomic E-state index is 12.8. The molecule has 0 spiro atoms. The Hall–Kier alpha value is -1.85. The van der Waals surface area contributed by atoms with E-state index in [-0.39, 0.29) is 11.8 Å². The number of aromatic nitrogens is 2. The number of amides is 2. The van der Waals surface area contributed by atoms with Crippen LogP contribution in [0.25, 0.3) is 0 Å². The lowest BCUT2D eigenvalue weighted by molar-refractivity contribution is -0.141. The average molecular weight is 361 g/mol. The number of carbonyl (C=O) groups excluding carboxylic acids is 2. The molecular formula is C20H32N4O2. The fourth-order valence-corrected chi connectivity index (χ4v) is 4.29. The fraction of sp³-hybridized carbons (Fsp3) is 0.750. The normalized spacial score (nSPS) is 20.0. The van der Waals surface area contributed by atoms with Gasteiger partial charge in [0.05, 0.1) is 0 Å². The Labute approximate surface area is 156 Å². The van der Waals surface area contributed by atoms with E-state index in [1.807, 2.05) is 11.1 Å². The monoisotopic (exact) mass is 360 g/mol. The molecule has 1 aromatic heterocycles. The number of hydrogen-bond donors (Lipinski definition) is 0. The SMILES string of the molecule is CC(=O)N1CCC(C(=O)N2CCC(Cn3ccnc3C(C)C)CC2)CC1. The van der Waals surface area contributed by atoms with E-state index >= 15 is 0 Å². The third kappa shape index (κ3) is 4.27. The van der Waals surface area contributed by atoms with Gasteiger partial charge in [0.2, 0.25) is 11.8 Å². The molecular weight excluding hydrogens is 328 g/mol. The minimum absolute atomic E-state index is 0.100. The number of likely N-dealkylation sites (tertiary alicyclic amines) is 2. The summed E-state index contributed by atoms with van der Waals surface area (Å²) < 4.78 is 2.28. The fourth-order valence-electron chi connectivity index (χ4n) is 4.29. The van der Waals surface area contributed by atoms with Gasteiger partial charge >= 0.3 is 0 Å². The molecule has 0 atom stereocenters. The zero-order chi connectivity index (χ0) is 18.7. The summed E-state index contributed by atoms with van der Waals surface area (Å²) in [6.45, 7) is 10.1. The first kappa shape index (κ1) is 18.9. The minimum Gasteiger partial charge on any atom is -0.343 e. The van der Waals surface area contributed by atoms with E-state index in [9.17, 15) is 9.59 Å². The lowest BCUT2D eigenvalue weighted by Crippen LogP contribution is -2.46. The molecule has 3 heterocycles. The Morgan fingerprint density at radius 1 is 1.08 bits per heavy atom. The molecule has 6 nitrogen and oxygen atoms in total. The van der Waals surface area contributed by atoms with Gasteiger partial charge < -0.3 is 14.4 Å². The van der Waals surface area contributed by atoms with Gasteiger partial charge in [-0.15, -0.1) is 0 Å². The second-order valence-electron chi connectivity index (χ2n) is 8.14. The highest BCUT2D eigenvalue weighted by Gasteiger charge is 2.31. The quantitative estimate of drug-likeness (QED) is 0.829. The molecule has 2 aliphatic heterocycles. The Morgan fingerprint density at radius 3 is 2.27 bits per heavy atom. The van der Waals surface area contributed by atoms with Crippen LogP contribution in [0.15, 0.2) is 12.4 Å². The molecule has 0 aliphatic carbocycles. The number of nitrogens with zero attached hydrogens (tertiary/aromatic N) is 4. The van der Waals surface area contributed by atoms with Crippen molar-refractivity contribution in [1.29, 1.82) is 0 Å². The molecule has 144 valence electrons. The third-order valence-corrected chi connectivity index (χ3v) is 5.93. The number of piperidine rings is 2. The van der Waals surface area contributed by atoms with Gasteiger partial charge in [0.1, 0.15) is 5.82 Å². The van der Waals surface area contributed by atoms with Crippen LogP contribution in [0.1, 0.15) is 58.2 Å². The molecule has 1 aromatic rings. The van der Waals surface area contributed by atoms with E-state index in [1.54, 1.807) is 6.92 Å². The van der Waals surface area contributed by atoms with Gasteiger partial charge in [-0.05, 0) is 31.6 Å². The summed E-state index contributed by atoms with van der Waals surface area (Å²) in [4.78, 5) is 32.6. The Kier molecular flexibility index (Phi) is 5.99. The van der Waals surface area contributed by atoms with Crippen molar-refractivity contribution in [3.05, 3.63) is 18.2 Å². The van der Waals surface area contributed by atoms with Gasteiger partial charge in [-0.3, -0.25) is 9.59 Å². The minimum atomic E-state index is 0.100. The van der Waals surface area contributed by atoms with Crippen molar-refractivity contribution in [2.24, 2.45) is 11.8 Å². The van der Waals surface area contributed by atoms with Crippen LogP contribution in [-0.2, 0) is 16.1 Å². The molecule has 2 amide bonds. The first-order chi connectivity index (χ1) is 12.5. The molecule has 0 aromatic carbocycles. The van der Waals surface area contributed by atoms with Crippen LogP contribution in [0.5, 0.6) is 0 Å². The summed E-state index contributed by atoms with van der Waals surface area (Å²) >= 11 is 0. The standard InChI is InChI=1S/C20H32N4O2/c1-15(2)19-21-8-13-24(19)14-17-4-9-23(10-5-17)20(26)18-6-11-22(12-7-18)16(3)25/h8,13,15,17-18H,4-7,9-12,14H2,1-3H3. The Balaban J connectivity index is 1.47. The first-order valence-corrected chi connectivity index (χ1v) is 10.0. The highest BCUT2D eigenvalue weighted by molar-refractivity contribution is 5.79. The van der Waals surface area contributed by atoms with Gasteiger partial charge in [-0.25, -0.2) is 4.98 Å². The van der Waals surface area contributed by atoms with Crippen LogP contribution in [-0.4, -0.2) is 57.3 Å². The van der Waals surface area contributed by atoms with Crippen LogP contribution in [0, 0.1) is 11.8 Å². The number of carbonyl (C=O) groups is 2. The van der Waals surface area contributed by atoms with E-state index in [4.69, 9.17) is 0 Å². The highest BCUT2D eigenvalue weighted by atomic mass is 16.2. The second kappa shape index (κ2) is 8.23. The van der Waals surface area contributed by atoms with Crippen LogP contribution in [0.4, 0.5) is 0 Å². The van der Waals surface area contributed by atoms with Crippen molar-refractivity contribution in [3.63, 3.8) is 0 Å². The van der Waals surface area contributed by atoms with E-state index in [0.717, 1.165) is 64.2 Å². The number of rotatable bonds is 4. The van der Waals surface area contributed by atoms with Crippen LogP contribution in [0.3, 0.4) is 0 Å². The van der Waals surface area contributed by atoms with Crippen molar-refractivity contribution in [3.8, 4) is 0 Å². The molecule has 2 fully saturated rings. The molecule has 6 heteroatoms. The zero-order valence-electron chi connectivity index (χ0n) is 16.4. The van der Waals surface area contributed by atoms with Crippen molar-refractivity contribution >= 4 is 11.8 Å². The maximum absolute atomic E-state index is 12.8. The summed E-state index contributed by atoms with van der Waals surface area (Å²) in [5.74, 6) is 2.73. The van der Waals surface area contributed by atoms with Crippen molar-refractivity contribution < 1.29 is 9.59 Å². The highest BCUT2D eigenvalue weighted by Crippen LogP contribution is 2.25. The van der Waals surface area contributed by atoms with Gasteiger partial charge in [-0.1, -0.05) is 13.8 Å². The predicted octanol–water partition coefficient (Wildman–Crippen LogP) is 2.50.